The summed E-state index contributed by atoms with van der Waals surface area (Å²) in [5.74, 6) is -1.58. The van der Waals surface area contributed by atoms with E-state index >= 15 is 0 Å². The highest BCUT2D eigenvalue weighted by Crippen LogP contribution is 2.19. The van der Waals surface area contributed by atoms with Gasteiger partial charge >= 0.3 is 18.2 Å². The topological polar surface area (TPSA) is 122 Å². The molecule has 0 aliphatic heterocycles. The van der Waals surface area contributed by atoms with Gasteiger partial charge in [-0.3, -0.25) is 0 Å². The van der Waals surface area contributed by atoms with Crippen LogP contribution in [0.2, 0.25) is 0 Å². The summed E-state index contributed by atoms with van der Waals surface area (Å²) >= 11 is 0. The maximum atomic E-state index is 12.3. The number of H-pyrrole nitrogens is 1. The summed E-state index contributed by atoms with van der Waals surface area (Å²) in [5, 5.41) is 8.91. The molecule has 1 aromatic rings. The number of carboxylic acid groups (broad SMARTS) is 1. The summed E-state index contributed by atoms with van der Waals surface area (Å²) < 4.78 is 10.3. The number of rotatable bonds is 2. The highest BCUT2D eigenvalue weighted by Gasteiger charge is 2.34. The molecule has 0 atom stereocenters. The Labute approximate surface area is 133 Å². The van der Waals surface area contributed by atoms with Crippen molar-refractivity contribution in [1.82, 2.24) is 9.97 Å². The van der Waals surface area contributed by atoms with E-state index in [4.69, 9.17) is 14.6 Å². The first-order valence-electron chi connectivity index (χ1n) is 6.84. The SMILES string of the molecule is CC(C)(C)OC(=O)N(C(=O)OC(C)(C)C)c1ncc(C(=O)O)[nH]1. The van der Waals surface area contributed by atoms with E-state index in [1.54, 1.807) is 41.5 Å². The average Bonchev–Trinajstić information content (AvgIpc) is 2.73. The smallest absolute Gasteiger partial charge is 0.427 e. The molecule has 0 aliphatic rings. The number of ether oxygens (including phenoxy) is 2. The quantitative estimate of drug-likeness (QED) is 0.856. The van der Waals surface area contributed by atoms with Crippen molar-refractivity contribution in [3.8, 4) is 0 Å². The third-order valence-corrected chi connectivity index (χ3v) is 2.16. The lowest BCUT2D eigenvalue weighted by Crippen LogP contribution is -2.44. The fourth-order valence-electron chi connectivity index (χ4n) is 1.40. The third kappa shape index (κ3) is 5.61. The third-order valence-electron chi connectivity index (χ3n) is 2.16. The van der Waals surface area contributed by atoms with Gasteiger partial charge in [-0.2, -0.15) is 0 Å². The predicted molar refractivity (Wildman–Crippen MR) is 80.5 cm³/mol. The average molecular weight is 327 g/mol. The molecule has 0 fully saturated rings. The van der Waals surface area contributed by atoms with Crippen LogP contribution in [0.25, 0.3) is 0 Å². The lowest BCUT2D eigenvalue weighted by molar-refractivity contribution is 0.0426. The van der Waals surface area contributed by atoms with Gasteiger partial charge in [0.15, 0.2) is 0 Å². The monoisotopic (exact) mass is 327 g/mol. The molecular formula is C14H21N3O6. The number of aromatic nitrogens is 2. The van der Waals surface area contributed by atoms with Crippen LogP contribution in [0.4, 0.5) is 15.5 Å². The van der Waals surface area contributed by atoms with E-state index in [1.807, 2.05) is 0 Å². The number of carbonyl (C=O) groups is 3. The Bertz CT molecular complexity index is 581. The number of nitrogens with zero attached hydrogens (tertiary/aromatic N) is 2. The Morgan fingerprint density at radius 1 is 1.04 bits per heavy atom. The fraction of sp³-hybridized carbons (Fsp3) is 0.571. The number of imide groups is 1. The van der Waals surface area contributed by atoms with E-state index in [2.05, 4.69) is 9.97 Å². The summed E-state index contributed by atoms with van der Waals surface area (Å²) in [6, 6.07) is 0. The van der Waals surface area contributed by atoms with Crippen LogP contribution in [-0.2, 0) is 9.47 Å². The molecule has 0 unspecified atom stereocenters. The van der Waals surface area contributed by atoms with Crippen molar-refractivity contribution in [2.45, 2.75) is 52.7 Å². The number of carbonyl (C=O) groups excluding carboxylic acids is 2. The van der Waals surface area contributed by atoms with Gasteiger partial charge in [0.25, 0.3) is 0 Å². The zero-order valence-corrected chi connectivity index (χ0v) is 14.0. The van der Waals surface area contributed by atoms with Crippen molar-refractivity contribution in [2.75, 3.05) is 4.90 Å². The Balaban J connectivity index is 3.16. The molecule has 0 spiro atoms. The Morgan fingerprint density at radius 2 is 1.48 bits per heavy atom. The lowest BCUT2D eigenvalue weighted by Gasteiger charge is -2.27. The molecule has 0 aromatic carbocycles. The van der Waals surface area contributed by atoms with Gasteiger partial charge in [-0.05, 0) is 41.5 Å². The van der Waals surface area contributed by atoms with E-state index in [0.717, 1.165) is 6.20 Å². The van der Waals surface area contributed by atoms with Gasteiger partial charge in [-0.15, -0.1) is 4.90 Å². The second-order valence-corrected chi connectivity index (χ2v) is 6.72. The standard InChI is InChI=1S/C14H21N3O6/c1-13(2,3)22-11(20)17(12(21)23-14(4,5)6)10-15-7-8(16-10)9(18)19/h7H,1-6H3,(H,15,16)(H,18,19). The Kier molecular flexibility index (Phi) is 5.03. The van der Waals surface area contributed by atoms with Crippen molar-refractivity contribution < 1.29 is 29.0 Å². The van der Waals surface area contributed by atoms with Crippen LogP contribution in [0.1, 0.15) is 52.0 Å². The number of hydrogen-bond donors (Lipinski definition) is 2. The van der Waals surface area contributed by atoms with Crippen LogP contribution in [0.5, 0.6) is 0 Å². The zero-order chi connectivity index (χ0) is 18.0. The van der Waals surface area contributed by atoms with Gasteiger partial charge in [0.1, 0.15) is 16.9 Å². The summed E-state index contributed by atoms with van der Waals surface area (Å²) in [6.45, 7) is 9.77. The predicted octanol–water partition coefficient (Wildman–Crippen LogP) is 2.78. The van der Waals surface area contributed by atoms with Gasteiger partial charge in [-0.25, -0.2) is 19.4 Å². The number of aromatic carboxylic acids is 1. The first-order valence-corrected chi connectivity index (χ1v) is 6.84. The molecule has 9 heteroatoms. The number of aromatic amines is 1. The van der Waals surface area contributed by atoms with Crippen LogP contribution < -0.4 is 4.90 Å². The molecule has 128 valence electrons. The molecule has 0 bridgehead atoms. The highest BCUT2D eigenvalue weighted by atomic mass is 16.6. The van der Waals surface area contributed by atoms with Gasteiger partial charge in [0.2, 0.25) is 5.95 Å². The molecule has 0 aliphatic carbocycles. The number of amides is 2. The van der Waals surface area contributed by atoms with E-state index < -0.39 is 29.4 Å². The number of hydrogen-bond acceptors (Lipinski definition) is 6. The molecular weight excluding hydrogens is 306 g/mol. The normalized spacial score (nSPS) is 11.7. The van der Waals surface area contributed by atoms with Crippen LogP contribution in [0, 0.1) is 0 Å². The van der Waals surface area contributed by atoms with Crippen molar-refractivity contribution in [2.24, 2.45) is 0 Å². The summed E-state index contributed by atoms with van der Waals surface area (Å²) in [5.41, 5.74) is -2.00. The molecule has 9 nitrogen and oxygen atoms in total. The Hall–Kier alpha value is -2.58. The van der Waals surface area contributed by atoms with Crippen molar-refractivity contribution in [3.05, 3.63) is 11.9 Å². The fourth-order valence-corrected chi connectivity index (χ4v) is 1.40. The number of carboxylic acids is 1. The van der Waals surface area contributed by atoms with Crippen molar-refractivity contribution >= 4 is 24.1 Å². The number of anilines is 1. The molecule has 0 saturated carbocycles. The minimum atomic E-state index is -1.28. The molecule has 2 amide bonds. The molecule has 23 heavy (non-hydrogen) atoms. The zero-order valence-electron chi connectivity index (χ0n) is 14.0. The second-order valence-electron chi connectivity index (χ2n) is 6.72. The Morgan fingerprint density at radius 3 is 1.78 bits per heavy atom. The minimum absolute atomic E-state index is 0.280. The van der Waals surface area contributed by atoms with E-state index in [0.29, 0.717) is 4.90 Å². The van der Waals surface area contributed by atoms with Gasteiger partial charge in [-0.1, -0.05) is 0 Å². The highest BCUT2D eigenvalue weighted by molar-refractivity contribution is 6.08. The van der Waals surface area contributed by atoms with Crippen molar-refractivity contribution in [1.29, 1.82) is 0 Å². The van der Waals surface area contributed by atoms with Gasteiger partial charge in [0, 0.05) is 0 Å². The molecule has 1 aromatic heterocycles. The second kappa shape index (κ2) is 6.27. The molecule has 0 radical (unpaired) electrons. The van der Waals surface area contributed by atoms with Gasteiger partial charge < -0.3 is 19.6 Å². The largest absolute Gasteiger partial charge is 0.477 e. The minimum Gasteiger partial charge on any atom is -0.477 e. The van der Waals surface area contributed by atoms with Gasteiger partial charge in [0.05, 0.1) is 6.20 Å². The number of imidazole rings is 1. The summed E-state index contributed by atoms with van der Waals surface area (Å²) in [4.78, 5) is 42.0. The van der Waals surface area contributed by atoms with E-state index in [9.17, 15) is 14.4 Å². The van der Waals surface area contributed by atoms with Crippen molar-refractivity contribution in [3.63, 3.8) is 0 Å². The summed E-state index contributed by atoms with van der Waals surface area (Å²) in [6.07, 6.45) is -1.07. The molecule has 0 saturated heterocycles. The van der Waals surface area contributed by atoms with E-state index in [1.165, 1.54) is 0 Å². The van der Waals surface area contributed by atoms with Crippen LogP contribution in [-0.4, -0.2) is 44.4 Å². The van der Waals surface area contributed by atoms with Crippen LogP contribution in [0.3, 0.4) is 0 Å². The maximum absolute atomic E-state index is 12.3. The summed E-state index contributed by atoms with van der Waals surface area (Å²) in [7, 11) is 0. The first kappa shape index (κ1) is 18.5. The van der Waals surface area contributed by atoms with E-state index in [-0.39, 0.29) is 11.6 Å². The van der Waals surface area contributed by atoms with Crippen LogP contribution >= 0.6 is 0 Å². The molecule has 1 heterocycles. The van der Waals surface area contributed by atoms with Crippen LogP contribution in [0.15, 0.2) is 6.20 Å². The first-order chi connectivity index (χ1) is 10.3. The molecule has 1 rings (SSSR count). The number of nitrogens with one attached hydrogen (secondary N) is 1. The molecule has 2 N–H and O–H groups in total. The maximum Gasteiger partial charge on any atom is 0.427 e. The lowest BCUT2D eigenvalue weighted by atomic mass is 10.2.